The van der Waals surface area contributed by atoms with E-state index in [1.807, 2.05) is 6.26 Å². The molecule has 0 heterocycles. The second kappa shape index (κ2) is 5.82. The molecule has 0 spiro atoms. The third-order valence-electron chi connectivity index (χ3n) is 5.72. The molecule has 0 saturated heterocycles. The first-order chi connectivity index (χ1) is 10.0. The van der Waals surface area contributed by atoms with Gasteiger partial charge in [0.1, 0.15) is 0 Å². The minimum absolute atomic E-state index is 0.0168. The normalized spacial score (nSPS) is 38.2. The molecule has 1 amide bonds. The maximum atomic E-state index is 12.8. The molecule has 4 fully saturated rings. The maximum absolute atomic E-state index is 12.8. The molecule has 1 atom stereocenters. The second-order valence-electron chi connectivity index (χ2n) is 7.32. The molecule has 4 nitrogen and oxygen atoms in total. The van der Waals surface area contributed by atoms with Gasteiger partial charge < -0.3 is 15.2 Å². The van der Waals surface area contributed by atoms with Crippen molar-refractivity contribution in [1.82, 2.24) is 5.32 Å². The summed E-state index contributed by atoms with van der Waals surface area (Å²) in [6.07, 6.45) is 9.12. The highest BCUT2D eigenvalue weighted by Gasteiger charge is 2.54. The van der Waals surface area contributed by atoms with Crippen LogP contribution in [0.1, 0.15) is 44.9 Å². The highest BCUT2D eigenvalue weighted by Crippen LogP contribution is 2.60. The second-order valence-corrected chi connectivity index (χ2v) is 8.31. The van der Waals surface area contributed by atoms with Crippen molar-refractivity contribution in [2.75, 3.05) is 12.0 Å². The van der Waals surface area contributed by atoms with Crippen molar-refractivity contribution >= 4 is 23.6 Å². The van der Waals surface area contributed by atoms with E-state index in [1.54, 1.807) is 11.8 Å². The molecule has 4 bridgehead atoms. The Bertz CT molecular complexity index is 402. The number of carbonyl (C=O) groups excluding carboxylic acids is 2. The SMILES string of the molecule is CSCC[C@H](NC(=O)C12CC3CC(CC(C3)C1)C2)C(=O)[O-]. The monoisotopic (exact) mass is 310 g/mol. The molecular formula is C16H24NO3S-. The van der Waals surface area contributed by atoms with E-state index in [9.17, 15) is 14.7 Å². The zero-order valence-electron chi connectivity index (χ0n) is 12.6. The number of carbonyl (C=O) groups is 2. The number of carboxylic acid groups (broad SMARTS) is 1. The Morgan fingerprint density at radius 2 is 1.71 bits per heavy atom. The molecule has 1 N–H and O–H groups in total. The lowest BCUT2D eigenvalue weighted by atomic mass is 9.49. The molecule has 0 radical (unpaired) electrons. The van der Waals surface area contributed by atoms with E-state index in [0.29, 0.717) is 24.2 Å². The molecular weight excluding hydrogens is 286 g/mol. The first kappa shape index (κ1) is 15.2. The Labute approximate surface area is 130 Å². The van der Waals surface area contributed by atoms with Crippen molar-refractivity contribution in [3.63, 3.8) is 0 Å². The lowest BCUT2D eigenvalue weighted by molar-refractivity contribution is -0.308. The summed E-state index contributed by atoms with van der Waals surface area (Å²) in [7, 11) is 0. The van der Waals surface area contributed by atoms with Crippen LogP contribution in [0, 0.1) is 23.2 Å². The lowest BCUT2D eigenvalue weighted by Gasteiger charge is -2.55. The number of nitrogens with one attached hydrogen (secondary N) is 1. The van der Waals surface area contributed by atoms with Crippen LogP contribution < -0.4 is 10.4 Å². The van der Waals surface area contributed by atoms with Crippen molar-refractivity contribution in [3.05, 3.63) is 0 Å². The number of hydrogen-bond acceptors (Lipinski definition) is 4. The number of carboxylic acids is 1. The number of thioether (sulfide) groups is 1. The Balaban J connectivity index is 1.68. The van der Waals surface area contributed by atoms with Crippen LogP contribution in [-0.2, 0) is 9.59 Å². The molecule has 5 heteroatoms. The average Bonchev–Trinajstić information content (AvgIpc) is 2.41. The van der Waals surface area contributed by atoms with Crippen molar-refractivity contribution < 1.29 is 14.7 Å². The smallest absolute Gasteiger partial charge is 0.226 e. The molecule has 4 aliphatic rings. The Morgan fingerprint density at radius 1 is 1.19 bits per heavy atom. The summed E-state index contributed by atoms with van der Waals surface area (Å²) in [5.41, 5.74) is -0.276. The first-order valence-electron chi connectivity index (χ1n) is 8.03. The van der Waals surface area contributed by atoms with E-state index in [1.165, 1.54) is 19.3 Å². The van der Waals surface area contributed by atoms with E-state index in [2.05, 4.69) is 5.32 Å². The molecule has 118 valence electrons. The average molecular weight is 310 g/mol. The van der Waals surface area contributed by atoms with Gasteiger partial charge >= 0.3 is 0 Å². The summed E-state index contributed by atoms with van der Waals surface area (Å²) in [6.45, 7) is 0. The van der Waals surface area contributed by atoms with Gasteiger partial charge in [-0.2, -0.15) is 11.8 Å². The third-order valence-corrected chi connectivity index (χ3v) is 6.36. The molecule has 21 heavy (non-hydrogen) atoms. The first-order valence-corrected chi connectivity index (χ1v) is 9.42. The van der Waals surface area contributed by atoms with Crippen LogP contribution >= 0.6 is 11.8 Å². The van der Waals surface area contributed by atoms with Crippen LogP contribution in [0.2, 0.25) is 0 Å². The van der Waals surface area contributed by atoms with Crippen LogP contribution in [0.3, 0.4) is 0 Å². The summed E-state index contributed by atoms with van der Waals surface area (Å²) in [4.78, 5) is 24.0. The number of amides is 1. The fourth-order valence-electron chi connectivity index (χ4n) is 5.18. The van der Waals surface area contributed by atoms with Crippen molar-refractivity contribution in [1.29, 1.82) is 0 Å². The van der Waals surface area contributed by atoms with Gasteiger partial charge in [0.05, 0.1) is 12.0 Å². The van der Waals surface area contributed by atoms with Gasteiger partial charge in [0, 0.05) is 5.41 Å². The zero-order valence-corrected chi connectivity index (χ0v) is 13.4. The van der Waals surface area contributed by atoms with Gasteiger partial charge in [-0.25, -0.2) is 0 Å². The minimum Gasteiger partial charge on any atom is -0.548 e. The third kappa shape index (κ3) is 2.94. The molecule has 0 unspecified atom stereocenters. The quantitative estimate of drug-likeness (QED) is 0.800. The van der Waals surface area contributed by atoms with E-state index < -0.39 is 12.0 Å². The van der Waals surface area contributed by atoms with Gasteiger partial charge in [-0.3, -0.25) is 4.79 Å². The van der Waals surface area contributed by atoms with Crippen LogP contribution in [0.15, 0.2) is 0 Å². The Morgan fingerprint density at radius 3 is 2.14 bits per heavy atom. The Kier molecular flexibility index (Phi) is 4.21. The van der Waals surface area contributed by atoms with Gasteiger partial charge in [-0.1, -0.05) is 0 Å². The number of aliphatic carboxylic acids is 1. The highest BCUT2D eigenvalue weighted by atomic mass is 32.2. The zero-order chi connectivity index (χ0) is 15.0. The largest absolute Gasteiger partial charge is 0.548 e. The summed E-state index contributed by atoms with van der Waals surface area (Å²) in [6, 6.07) is -0.835. The number of rotatable bonds is 6. The summed E-state index contributed by atoms with van der Waals surface area (Å²) in [5.74, 6) is 1.62. The maximum Gasteiger partial charge on any atom is 0.226 e. The molecule has 0 aromatic heterocycles. The fourth-order valence-corrected chi connectivity index (χ4v) is 5.66. The fraction of sp³-hybridized carbons (Fsp3) is 0.875. The topological polar surface area (TPSA) is 69.2 Å². The molecule has 4 saturated carbocycles. The molecule has 4 aliphatic carbocycles. The van der Waals surface area contributed by atoms with Gasteiger partial charge in [0.15, 0.2) is 0 Å². The lowest BCUT2D eigenvalue weighted by Crippen LogP contribution is -2.57. The van der Waals surface area contributed by atoms with Crippen LogP contribution in [0.4, 0.5) is 0 Å². The van der Waals surface area contributed by atoms with Crippen molar-refractivity contribution in [3.8, 4) is 0 Å². The van der Waals surface area contributed by atoms with Crippen LogP contribution in [0.25, 0.3) is 0 Å². The van der Waals surface area contributed by atoms with Gasteiger partial charge in [-0.05, 0) is 74.7 Å². The minimum atomic E-state index is -1.15. The summed E-state index contributed by atoms with van der Waals surface area (Å²) >= 11 is 1.59. The van der Waals surface area contributed by atoms with Crippen molar-refractivity contribution in [2.45, 2.75) is 51.0 Å². The van der Waals surface area contributed by atoms with E-state index in [0.717, 1.165) is 25.0 Å². The van der Waals surface area contributed by atoms with Gasteiger partial charge in [0.25, 0.3) is 0 Å². The van der Waals surface area contributed by atoms with E-state index >= 15 is 0 Å². The van der Waals surface area contributed by atoms with Crippen LogP contribution in [0.5, 0.6) is 0 Å². The van der Waals surface area contributed by atoms with E-state index in [-0.39, 0.29) is 11.3 Å². The summed E-state index contributed by atoms with van der Waals surface area (Å²) in [5, 5.41) is 14.0. The van der Waals surface area contributed by atoms with Gasteiger partial charge in [0.2, 0.25) is 5.91 Å². The highest BCUT2D eigenvalue weighted by molar-refractivity contribution is 7.98. The van der Waals surface area contributed by atoms with Crippen LogP contribution in [-0.4, -0.2) is 29.9 Å². The predicted molar refractivity (Wildman–Crippen MR) is 80.5 cm³/mol. The molecule has 4 rings (SSSR count). The Hall–Kier alpha value is -0.710. The standard InChI is InChI=1S/C16H25NO3S/c1-21-3-2-13(14(18)19)17-15(20)16-7-10-4-11(8-16)6-12(5-10)9-16/h10-13H,2-9H2,1H3,(H,17,20)(H,18,19)/p-1/t10?,11?,12?,13-,16?/m0/s1. The molecule has 0 aromatic rings. The summed E-state index contributed by atoms with van der Waals surface area (Å²) < 4.78 is 0. The van der Waals surface area contributed by atoms with Gasteiger partial charge in [-0.15, -0.1) is 0 Å². The molecule has 0 aromatic carbocycles. The number of hydrogen-bond donors (Lipinski definition) is 1. The molecule has 0 aliphatic heterocycles. The predicted octanol–water partition coefficient (Wildman–Crippen LogP) is 1.19. The van der Waals surface area contributed by atoms with E-state index in [4.69, 9.17) is 0 Å². The van der Waals surface area contributed by atoms with Crippen molar-refractivity contribution in [2.24, 2.45) is 23.2 Å².